The Bertz CT molecular complexity index is 752. The zero-order chi connectivity index (χ0) is 17.4. The number of carbonyl (C=O) groups excluding carboxylic acids is 1. The third kappa shape index (κ3) is 3.06. The first-order valence-electron chi connectivity index (χ1n) is 8.48. The van der Waals surface area contributed by atoms with E-state index in [9.17, 15) is 4.79 Å². The third-order valence-electron chi connectivity index (χ3n) is 5.37. The smallest absolute Gasteiger partial charge is 0.253 e. The molecule has 2 aromatic rings. The molecule has 1 N–H and O–H groups in total. The van der Waals surface area contributed by atoms with E-state index in [1.54, 1.807) is 7.11 Å². The second-order valence-corrected chi connectivity index (χ2v) is 7.01. The van der Waals surface area contributed by atoms with E-state index >= 15 is 0 Å². The van der Waals surface area contributed by atoms with Crippen LogP contribution in [-0.2, 0) is 4.74 Å². The van der Waals surface area contributed by atoms with Crippen molar-refractivity contribution in [1.82, 2.24) is 14.8 Å². The minimum absolute atomic E-state index is 0.0735. The Balaban J connectivity index is 1.75. The molecule has 0 unspecified atom stereocenters. The normalized spacial score (nSPS) is 21.5. The van der Waals surface area contributed by atoms with Gasteiger partial charge in [-0.25, -0.2) is 0 Å². The number of ether oxygens (including phenoxy) is 1. The first-order chi connectivity index (χ1) is 11.4. The second-order valence-electron chi connectivity index (χ2n) is 7.01. The molecule has 2 heterocycles. The molecule has 2 atom stereocenters. The summed E-state index contributed by atoms with van der Waals surface area (Å²) < 4.78 is 5.45. The number of H-pyrrole nitrogens is 1. The number of fused-ring (bicyclic) bond motifs is 1. The zero-order valence-corrected chi connectivity index (χ0v) is 15.2. The molecule has 1 amide bonds. The molecule has 0 spiro atoms. The Morgan fingerprint density at radius 1 is 1.42 bits per heavy atom. The fourth-order valence-electron chi connectivity index (χ4n) is 3.63. The summed E-state index contributed by atoms with van der Waals surface area (Å²) in [6, 6.07) is 6.26. The van der Waals surface area contributed by atoms with E-state index in [-0.39, 0.29) is 12.0 Å². The molecule has 1 aromatic heterocycles. The van der Waals surface area contributed by atoms with E-state index in [0.29, 0.717) is 6.04 Å². The van der Waals surface area contributed by atoms with Gasteiger partial charge in [0.15, 0.2) is 0 Å². The van der Waals surface area contributed by atoms with E-state index in [0.717, 1.165) is 41.7 Å². The number of nitrogens with zero attached hydrogens (tertiary/aromatic N) is 2. The first-order valence-corrected chi connectivity index (χ1v) is 8.48. The summed E-state index contributed by atoms with van der Waals surface area (Å²) in [5.74, 6) is 0.0735. The largest absolute Gasteiger partial charge is 0.380 e. The van der Waals surface area contributed by atoms with Crippen molar-refractivity contribution in [3.63, 3.8) is 0 Å². The highest BCUT2D eigenvalue weighted by Gasteiger charge is 2.31. The summed E-state index contributed by atoms with van der Waals surface area (Å²) in [4.78, 5) is 20.3. The number of aromatic amines is 1. The fourth-order valence-corrected chi connectivity index (χ4v) is 3.63. The number of nitrogens with one attached hydrogen (secondary N) is 1. The predicted octanol–water partition coefficient (Wildman–Crippen LogP) is 2.58. The van der Waals surface area contributed by atoms with Gasteiger partial charge >= 0.3 is 0 Å². The second kappa shape index (κ2) is 6.57. The van der Waals surface area contributed by atoms with Gasteiger partial charge in [0.2, 0.25) is 0 Å². The number of hydrogen-bond acceptors (Lipinski definition) is 3. The van der Waals surface area contributed by atoms with Gasteiger partial charge in [0.1, 0.15) is 0 Å². The summed E-state index contributed by atoms with van der Waals surface area (Å²) in [6.45, 7) is 5.80. The first kappa shape index (κ1) is 17.0. The maximum absolute atomic E-state index is 12.8. The lowest BCUT2D eigenvalue weighted by molar-refractivity contribution is 0.0760. The van der Waals surface area contributed by atoms with Gasteiger partial charge in [0.05, 0.1) is 6.10 Å². The van der Waals surface area contributed by atoms with Gasteiger partial charge in [0, 0.05) is 55.4 Å². The molecule has 0 saturated carbocycles. The molecule has 0 radical (unpaired) electrons. The Kier molecular flexibility index (Phi) is 4.65. The number of rotatable bonds is 4. The molecule has 0 bridgehead atoms. The molecule has 5 nitrogen and oxygen atoms in total. The highest BCUT2D eigenvalue weighted by Crippen LogP contribution is 2.24. The van der Waals surface area contributed by atoms with Crippen LogP contribution in [0.2, 0.25) is 0 Å². The number of aryl methyl sites for hydroxylation is 2. The van der Waals surface area contributed by atoms with Crippen molar-refractivity contribution in [1.29, 1.82) is 0 Å². The lowest BCUT2D eigenvalue weighted by Crippen LogP contribution is -2.39. The number of carbonyl (C=O) groups is 1. The van der Waals surface area contributed by atoms with Gasteiger partial charge in [-0.1, -0.05) is 0 Å². The fraction of sp³-hybridized carbons (Fsp3) is 0.526. The van der Waals surface area contributed by atoms with E-state index < -0.39 is 0 Å². The number of hydrogen-bond donors (Lipinski definition) is 1. The van der Waals surface area contributed by atoms with Gasteiger partial charge in [-0.2, -0.15) is 0 Å². The average molecular weight is 329 g/mol. The number of methoxy groups -OCH3 is 1. The summed E-state index contributed by atoms with van der Waals surface area (Å²) in [7, 11) is 5.74. The van der Waals surface area contributed by atoms with Crippen LogP contribution in [0.3, 0.4) is 0 Å². The van der Waals surface area contributed by atoms with E-state index in [2.05, 4.69) is 30.8 Å². The SMILES string of the molecule is CO[C@H]1C[C@@H](CN(C)C(=O)c2ccc3[nH]c(C)c(C)c3c2)N(C)C1. The summed E-state index contributed by atoms with van der Waals surface area (Å²) >= 11 is 0. The van der Waals surface area contributed by atoms with Gasteiger partial charge in [-0.3, -0.25) is 9.69 Å². The monoisotopic (exact) mass is 329 g/mol. The molecule has 1 fully saturated rings. The number of aromatic nitrogens is 1. The van der Waals surface area contributed by atoms with Crippen molar-refractivity contribution in [2.45, 2.75) is 32.4 Å². The average Bonchev–Trinajstić information content (AvgIpc) is 3.06. The zero-order valence-electron chi connectivity index (χ0n) is 15.2. The molecular weight excluding hydrogens is 302 g/mol. The number of amides is 1. The van der Waals surface area contributed by atoms with Crippen LogP contribution < -0.4 is 0 Å². The van der Waals surface area contributed by atoms with Gasteiger partial charge < -0.3 is 14.6 Å². The Morgan fingerprint density at radius 3 is 2.83 bits per heavy atom. The van der Waals surface area contributed by atoms with Crippen LogP contribution in [0.1, 0.15) is 28.0 Å². The summed E-state index contributed by atoms with van der Waals surface area (Å²) in [5, 5.41) is 1.13. The van der Waals surface area contributed by atoms with Crippen molar-refractivity contribution < 1.29 is 9.53 Å². The molecule has 130 valence electrons. The number of benzene rings is 1. The van der Waals surface area contributed by atoms with Crippen LogP contribution in [0.25, 0.3) is 10.9 Å². The van der Waals surface area contributed by atoms with E-state index in [1.807, 2.05) is 30.1 Å². The van der Waals surface area contributed by atoms with Crippen LogP contribution in [-0.4, -0.2) is 67.1 Å². The minimum Gasteiger partial charge on any atom is -0.380 e. The lowest BCUT2D eigenvalue weighted by atomic mass is 10.1. The molecule has 1 aliphatic rings. The Hall–Kier alpha value is -1.85. The van der Waals surface area contributed by atoms with Gasteiger partial charge in [-0.05, 0) is 51.1 Å². The highest BCUT2D eigenvalue weighted by molar-refractivity contribution is 5.99. The molecule has 1 aromatic carbocycles. The Labute approximate surface area is 143 Å². The maximum Gasteiger partial charge on any atom is 0.253 e. The topological polar surface area (TPSA) is 48.6 Å². The van der Waals surface area contributed by atoms with Gasteiger partial charge in [-0.15, -0.1) is 0 Å². The van der Waals surface area contributed by atoms with Crippen LogP contribution in [0, 0.1) is 13.8 Å². The van der Waals surface area contributed by atoms with Crippen LogP contribution in [0.5, 0.6) is 0 Å². The summed E-state index contributed by atoms with van der Waals surface area (Å²) in [5.41, 5.74) is 4.20. The van der Waals surface area contributed by atoms with Crippen molar-refractivity contribution >= 4 is 16.8 Å². The van der Waals surface area contributed by atoms with E-state index in [4.69, 9.17) is 4.74 Å². The van der Waals surface area contributed by atoms with Crippen LogP contribution in [0.15, 0.2) is 18.2 Å². The Morgan fingerprint density at radius 2 is 2.17 bits per heavy atom. The van der Waals surface area contributed by atoms with E-state index in [1.165, 1.54) is 5.56 Å². The van der Waals surface area contributed by atoms with Crippen molar-refractivity contribution in [2.24, 2.45) is 0 Å². The van der Waals surface area contributed by atoms with Crippen LogP contribution in [0.4, 0.5) is 0 Å². The standard InChI is InChI=1S/C19H27N3O2/c1-12-13(2)20-18-7-6-14(8-17(12)18)19(23)22(4)10-15-9-16(24-5)11-21(15)3/h6-8,15-16,20H,9-11H2,1-5H3/t15-,16-/m0/s1. The minimum atomic E-state index is 0.0735. The quantitative estimate of drug-likeness (QED) is 0.938. The highest BCUT2D eigenvalue weighted by atomic mass is 16.5. The molecule has 24 heavy (non-hydrogen) atoms. The maximum atomic E-state index is 12.8. The number of likely N-dealkylation sites (tertiary alicyclic amines) is 1. The molecular formula is C19H27N3O2. The van der Waals surface area contributed by atoms with Crippen LogP contribution >= 0.6 is 0 Å². The molecule has 5 heteroatoms. The van der Waals surface area contributed by atoms with Crippen molar-refractivity contribution in [3.05, 3.63) is 35.0 Å². The van der Waals surface area contributed by atoms with Crippen molar-refractivity contribution in [2.75, 3.05) is 34.3 Å². The molecule has 1 aliphatic heterocycles. The predicted molar refractivity (Wildman–Crippen MR) is 96.6 cm³/mol. The van der Waals surface area contributed by atoms with Gasteiger partial charge in [0.25, 0.3) is 5.91 Å². The number of likely N-dealkylation sites (N-methyl/N-ethyl adjacent to an activating group) is 2. The van der Waals surface area contributed by atoms with Crippen molar-refractivity contribution in [3.8, 4) is 0 Å². The summed E-state index contributed by atoms with van der Waals surface area (Å²) in [6.07, 6.45) is 1.24. The third-order valence-corrected chi connectivity index (χ3v) is 5.37. The molecule has 3 rings (SSSR count). The molecule has 1 saturated heterocycles. The molecule has 0 aliphatic carbocycles. The lowest BCUT2D eigenvalue weighted by Gasteiger charge is -2.25.